The summed E-state index contributed by atoms with van der Waals surface area (Å²) < 4.78 is 5.50. The van der Waals surface area contributed by atoms with Gasteiger partial charge in [0, 0.05) is 36.3 Å². The zero-order valence-corrected chi connectivity index (χ0v) is 32.9. The minimum Gasteiger partial charge on any atom is -0.134 e. The second-order valence-corrected chi connectivity index (χ2v) is 17.5. The van der Waals surface area contributed by atoms with Gasteiger partial charge < -0.3 is 0 Å². The minimum atomic E-state index is 1.24. The van der Waals surface area contributed by atoms with Gasteiger partial charge in [-0.2, -0.15) is 0 Å². The van der Waals surface area contributed by atoms with Crippen molar-refractivity contribution < 1.29 is 0 Å². The molecule has 0 atom stereocenters. The second kappa shape index (κ2) is 12.3. The summed E-state index contributed by atoms with van der Waals surface area (Å²) in [5.41, 5.74) is 7.63. The van der Waals surface area contributed by atoms with Crippen LogP contribution in [0.4, 0.5) is 0 Å². The van der Waals surface area contributed by atoms with Crippen LogP contribution in [-0.2, 0) is 0 Å². The summed E-state index contributed by atoms with van der Waals surface area (Å²) in [4.78, 5) is 0. The Kier molecular flexibility index (Phi) is 6.86. The largest absolute Gasteiger partial charge is 0.134 e. The Bertz CT molecular complexity index is 3800. The number of fused-ring (bicyclic) bond motifs is 13. The molecule has 0 aliphatic rings. The molecule has 11 aromatic carbocycles. The summed E-state index contributed by atoms with van der Waals surface area (Å²) in [6.45, 7) is 0. The molecule has 58 heavy (non-hydrogen) atoms. The fourth-order valence-electron chi connectivity index (χ4n) is 9.89. The highest BCUT2D eigenvalue weighted by atomic mass is 32.1. The summed E-state index contributed by atoms with van der Waals surface area (Å²) in [7, 11) is 0. The smallest absolute Gasteiger partial charge is 0.0534 e. The highest BCUT2D eigenvalue weighted by molar-refractivity contribution is 7.34. The van der Waals surface area contributed by atoms with Crippen LogP contribution >= 0.6 is 22.7 Å². The third-order valence-electron chi connectivity index (χ3n) is 12.4. The molecule has 0 bridgehead atoms. The van der Waals surface area contributed by atoms with Crippen molar-refractivity contribution in [2.24, 2.45) is 0 Å². The monoisotopic (exact) mass is 768 g/mol. The first-order chi connectivity index (χ1) is 28.8. The average molecular weight is 769 g/mol. The van der Waals surface area contributed by atoms with Crippen LogP contribution in [0.2, 0.25) is 0 Å². The predicted molar refractivity (Wildman–Crippen MR) is 256 cm³/mol. The summed E-state index contributed by atoms with van der Waals surface area (Å²) >= 11 is 3.88. The summed E-state index contributed by atoms with van der Waals surface area (Å²) in [6, 6.07) is 72.5. The lowest BCUT2D eigenvalue weighted by atomic mass is 9.83. The molecule has 0 amide bonds. The fourth-order valence-corrected chi connectivity index (χ4v) is 12.5. The lowest BCUT2D eigenvalue weighted by molar-refractivity contribution is 1.67. The highest BCUT2D eigenvalue weighted by Gasteiger charge is 2.21. The molecule has 2 aromatic heterocycles. The molecule has 0 fully saturated rings. The van der Waals surface area contributed by atoms with E-state index in [4.69, 9.17) is 0 Å². The molecule has 0 N–H and O–H groups in total. The van der Waals surface area contributed by atoms with E-state index in [1.165, 1.54) is 128 Å². The normalized spacial score (nSPS) is 12.1. The molecule has 0 nitrogen and oxygen atoms in total. The van der Waals surface area contributed by atoms with Crippen molar-refractivity contribution in [1.29, 1.82) is 0 Å². The van der Waals surface area contributed by atoms with Crippen molar-refractivity contribution in [2.45, 2.75) is 0 Å². The van der Waals surface area contributed by atoms with E-state index < -0.39 is 0 Å². The number of thiophene rings is 2. The van der Waals surface area contributed by atoms with Crippen molar-refractivity contribution >= 4 is 117 Å². The molecule has 2 heterocycles. The molecule has 0 saturated heterocycles. The van der Waals surface area contributed by atoms with Crippen molar-refractivity contribution in [3.05, 3.63) is 194 Å². The zero-order valence-electron chi connectivity index (χ0n) is 31.3. The van der Waals surface area contributed by atoms with E-state index in [9.17, 15) is 0 Å². The van der Waals surface area contributed by atoms with Gasteiger partial charge in [-0.3, -0.25) is 0 Å². The average Bonchev–Trinajstić information content (AvgIpc) is 3.86. The van der Waals surface area contributed by atoms with Gasteiger partial charge in [-0.05, 0) is 100 Å². The van der Waals surface area contributed by atoms with E-state index in [0.29, 0.717) is 0 Å². The summed E-state index contributed by atoms with van der Waals surface area (Å²) in [5.74, 6) is 0. The Hall–Kier alpha value is -6.84. The van der Waals surface area contributed by atoms with Gasteiger partial charge in [0.05, 0.1) is 9.40 Å². The molecule has 0 unspecified atom stereocenters. The summed E-state index contributed by atoms with van der Waals surface area (Å²) in [5, 5.41) is 18.1. The molecule has 0 aliphatic carbocycles. The van der Waals surface area contributed by atoms with Crippen LogP contribution in [0.3, 0.4) is 0 Å². The number of rotatable bonds is 3. The van der Waals surface area contributed by atoms with E-state index in [2.05, 4.69) is 194 Å². The van der Waals surface area contributed by atoms with E-state index in [1.54, 1.807) is 0 Å². The molecule has 0 radical (unpaired) electrons. The molecule has 268 valence electrons. The predicted octanol–water partition coefficient (Wildman–Crippen LogP) is 17.2. The molecule has 13 rings (SSSR count). The minimum absolute atomic E-state index is 1.24. The van der Waals surface area contributed by atoms with Crippen molar-refractivity contribution in [1.82, 2.24) is 0 Å². The van der Waals surface area contributed by atoms with Gasteiger partial charge in [-0.25, -0.2) is 0 Å². The van der Waals surface area contributed by atoms with Crippen molar-refractivity contribution in [2.75, 3.05) is 0 Å². The molecule has 2 heteroatoms. The molecule has 0 spiro atoms. The van der Waals surface area contributed by atoms with Crippen LogP contribution < -0.4 is 0 Å². The van der Waals surface area contributed by atoms with E-state index >= 15 is 0 Å². The van der Waals surface area contributed by atoms with Crippen molar-refractivity contribution in [3.63, 3.8) is 0 Å². The number of benzene rings is 11. The van der Waals surface area contributed by atoms with Crippen LogP contribution in [0.5, 0.6) is 0 Å². The third kappa shape index (κ3) is 4.56. The molecule has 0 aliphatic heterocycles. The lowest BCUT2D eigenvalue weighted by Gasteiger charge is -2.20. The van der Waals surface area contributed by atoms with E-state index in [0.717, 1.165) is 0 Å². The Labute approximate surface area is 342 Å². The van der Waals surface area contributed by atoms with Crippen LogP contribution in [0, 0.1) is 0 Å². The maximum absolute atomic E-state index is 2.49. The number of hydrogen-bond acceptors (Lipinski definition) is 2. The van der Waals surface area contributed by atoms with E-state index in [-0.39, 0.29) is 0 Å². The van der Waals surface area contributed by atoms with Crippen LogP contribution in [-0.4, -0.2) is 0 Å². The molecular weight excluding hydrogens is 737 g/mol. The highest BCUT2D eigenvalue weighted by Crippen LogP contribution is 2.50. The third-order valence-corrected chi connectivity index (χ3v) is 15.0. The topological polar surface area (TPSA) is 0 Å². The first-order valence-electron chi connectivity index (χ1n) is 19.9. The zero-order chi connectivity index (χ0) is 37.9. The Balaban J connectivity index is 1.08. The maximum Gasteiger partial charge on any atom is 0.0534 e. The second-order valence-electron chi connectivity index (χ2n) is 15.5. The first-order valence-corrected chi connectivity index (χ1v) is 21.6. The fraction of sp³-hybridized carbons (Fsp3) is 0. The standard InChI is InChI=1S/C56H32S2/c1-2-14-34-31-35(26-25-33(34)13-1)52-41-19-6-8-21-43(41)53(44-22-9-7-20-42(44)52)45-28-27-39(36-15-3-4-16-37(36)45)49-32-50-48-30-29-47-40-18-11-12-24-51(40)57-55(47)56(48)58-54(50)46-23-10-5-17-38(46)49/h1-32H. The van der Waals surface area contributed by atoms with Crippen molar-refractivity contribution in [3.8, 4) is 33.4 Å². The van der Waals surface area contributed by atoms with Gasteiger partial charge in [0.2, 0.25) is 0 Å². The molecule has 0 saturated carbocycles. The quantitative estimate of drug-likeness (QED) is 0.157. The Morgan fingerprint density at radius 1 is 0.241 bits per heavy atom. The Morgan fingerprint density at radius 2 is 0.724 bits per heavy atom. The van der Waals surface area contributed by atoms with Gasteiger partial charge in [0.25, 0.3) is 0 Å². The number of hydrogen-bond donors (Lipinski definition) is 0. The van der Waals surface area contributed by atoms with Crippen LogP contribution in [0.25, 0.3) is 128 Å². The Morgan fingerprint density at radius 3 is 1.43 bits per heavy atom. The van der Waals surface area contributed by atoms with Crippen LogP contribution in [0.15, 0.2) is 194 Å². The molecular formula is C56H32S2. The SMILES string of the molecule is c1ccc2cc(-c3c4ccccc4c(-c4ccc(-c5cc6c7ccc8c9ccccc9sc8c7sc6c6ccccc56)c5ccccc45)c4ccccc34)ccc2c1. The van der Waals surface area contributed by atoms with Gasteiger partial charge >= 0.3 is 0 Å². The van der Waals surface area contributed by atoms with Gasteiger partial charge in [-0.1, -0.05) is 176 Å². The lowest BCUT2D eigenvalue weighted by Crippen LogP contribution is -1.93. The molecule has 13 aromatic rings. The van der Waals surface area contributed by atoms with Gasteiger partial charge in [0.1, 0.15) is 0 Å². The maximum atomic E-state index is 2.49. The van der Waals surface area contributed by atoms with Gasteiger partial charge in [0.15, 0.2) is 0 Å². The van der Waals surface area contributed by atoms with Crippen LogP contribution in [0.1, 0.15) is 0 Å². The first kappa shape index (κ1) is 32.3. The summed E-state index contributed by atoms with van der Waals surface area (Å²) in [6.07, 6.45) is 0. The van der Waals surface area contributed by atoms with E-state index in [1.807, 2.05) is 22.7 Å². The van der Waals surface area contributed by atoms with Gasteiger partial charge in [-0.15, -0.1) is 22.7 Å².